The number of β-amino-alcohol motifs (C(OH)–C–C–N with tert-alkyl or cyclic N) is 1. The predicted molar refractivity (Wildman–Crippen MR) is 125 cm³/mol. The van der Waals surface area contributed by atoms with E-state index in [2.05, 4.69) is 10.3 Å². The number of nitrogens with two attached hydrogens (primary N) is 1. The first-order chi connectivity index (χ1) is 15.4. The summed E-state index contributed by atoms with van der Waals surface area (Å²) in [6.07, 6.45) is 0.762. The minimum absolute atomic E-state index is 0.000934. The summed E-state index contributed by atoms with van der Waals surface area (Å²) >= 11 is 1.30. The van der Waals surface area contributed by atoms with Crippen molar-refractivity contribution in [3.8, 4) is 5.75 Å². The molecule has 2 aliphatic heterocycles. The van der Waals surface area contributed by atoms with Crippen LogP contribution < -0.4 is 20.7 Å². The number of pyridine rings is 1. The van der Waals surface area contributed by atoms with E-state index in [-0.39, 0.29) is 24.6 Å². The highest BCUT2D eigenvalue weighted by Crippen LogP contribution is 2.35. The first-order valence-electron chi connectivity index (χ1n) is 10.7. The number of thiophene rings is 1. The van der Waals surface area contributed by atoms with Gasteiger partial charge in [0.2, 0.25) is 0 Å². The molecule has 9 heteroatoms. The molecule has 0 bridgehead atoms. The van der Waals surface area contributed by atoms with Crippen LogP contribution in [0.5, 0.6) is 5.75 Å². The second-order valence-corrected chi connectivity index (χ2v) is 9.51. The number of ether oxygens (including phenoxy) is 1. The van der Waals surface area contributed by atoms with Gasteiger partial charge < -0.3 is 30.9 Å². The average molecular weight is 455 g/mol. The Morgan fingerprint density at radius 3 is 3.03 bits per heavy atom. The van der Waals surface area contributed by atoms with E-state index in [9.17, 15) is 15.0 Å². The number of carbonyl (C=O) groups excluding carboxylic acids is 1. The van der Waals surface area contributed by atoms with Crippen LogP contribution in [-0.4, -0.2) is 59.1 Å². The van der Waals surface area contributed by atoms with E-state index in [0.29, 0.717) is 36.6 Å². The average Bonchev–Trinajstić information content (AvgIpc) is 3.32. The van der Waals surface area contributed by atoms with Crippen LogP contribution in [0.15, 0.2) is 30.3 Å². The lowest BCUT2D eigenvalue weighted by Crippen LogP contribution is -2.42. The third-order valence-corrected chi connectivity index (χ3v) is 7.28. The topological polar surface area (TPSA) is 121 Å². The number of rotatable bonds is 4. The maximum Gasteiger partial charge on any atom is 0.263 e. The van der Waals surface area contributed by atoms with Gasteiger partial charge in [0.15, 0.2) is 0 Å². The van der Waals surface area contributed by atoms with Gasteiger partial charge in [-0.3, -0.25) is 4.79 Å². The van der Waals surface area contributed by atoms with Gasteiger partial charge in [-0.15, -0.1) is 11.3 Å². The normalized spacial score (nSPS) is 22.6. The van der Waals surface area contributed by atoms with Gasteiger partial charge in [0.05, 0.1) is 30.5 Å². The molecular formula is C23H26N4O4S. The molecule has 32 heavy (non-hydrogen) atoms. The minimum atomic E-state index is -0.441. The van der Waals surface area contributed by atoms with Crippen LogP contribution in [0.3, 0.4) is 0 Å². The van der Waals surface area contributed by atoms with Crippen molar-refractivity contribution < 1.29 is 19.7 Å². The number of anilines is 2. The molecule has 8 nitrogen and oxygen atoms in total. The molecular weight excluding hydrogens is 428 g/mol. The Kier molecular flexibility index (Phi) is 5.40. The number of aliphatic hydroxyl groups excluding tert-OH is 2. The Balaban J connectivity index is 1.30. The third-order valence-electron chi connectivity index (χ3n) is 6.17. The highest BCUT2D eigenvalue weighted by atomic mass is 32.1. The number of amides is 1. The quantitative estimate of drug-likeness (QED) is 0.475. The molecule has 1 fully saturated rings. The van der Waals surface area contributed by atoms with Crippen LogP contribution in [0.4, 0.5) is 11.4 Å². The lowest BCUT2D eigenvalue weighted by atomic mass is 10.0. The van der Waals surface area contributed by atoms with Crippen LogP contribution in [-0.2, 0) is 6.42 Å². The summed E-state index contributed by atoms with van der Waals surface area (Å²) in [5.74, 6) is 0.556. The third kappa shape index (κ3) is 3.76. The number of carbonyl (C=O) groups is 1. The van der Waals surface area contributed by atoms with Crippen molar-refractivity contribution in [1.29, 1.82) is 0 Å². The Morgan fingerprint density at radius 1 is 1.38 bits per heavy atom. The number of hydrogen-bond donors (Lipinski definition) is 4. The number of nitrogens with zero attached hydrogens (tertiary/aromatic N) is 2. The molecule has 1 unspecified atom stereocenters. The van der Waals surface area contributed by atoms with Crippen molar-refractivity contribution in [3.05, 3.63) is 46.5 Å². The summed E-state index contributed by atoms with van der Waals surface area (Å²) in [6, 6.07) is 9.44. The molecule has 3 atom stereocenters. The Bertz CT molecular complexity index is 1180. The first kappa shape index (κ1) is 21.0. The van der Waals surface area contributed by atoms with Gasteiger partial charge in [0.1, 0.15) is 22.1 Å². The molecule has 3 aromatic rings. The van der Waals surface area contributed by atoms with Crippen molar-refractivity contribution in [2.24, 2.45) is 0 Å². The van der Waals surface area contributed by atoms with Crippen LogP contribution in [0, 0.1) is 6.92 Å². The fourth-order valence-corrected chi connectivity index (χ4v) is 5.57. The van der Waals surface area contributed by atoms with Crippen LogP contribution in [0.2, 0.25) is 0 Å². The molecule has 0 radical (unpaired) electrons. The van der Waals surface area contributed by atoms with Gasteiger partial charge in [0.25, 0.3) is 5.91 Å². The van der Waals surface area contributed by atoms with Crippen LogP contribution in [0.1, 0.15) is 27.3 Å². The summed E-state index contributed by atoms with van der Waals surface area (Å²) < 4.78 is 5.97. The van der Waals surface area contributed by atoms with Crippen molar-refractivity contribution >= 4 is 38.8 Å². The van der Waals surface area contributed by atoms with Crippen molar-refractivity contribution in [2.75, 3.05) is 30.4 Å². The second kappa shape index (κ2) is 8.23. The summed E-state index contributed by atoms with van der Waals surface area (Å²) in [5.41, 5.74) is 9.49. The zero-order valence-corrected chi connectivity index (χ0v) is 18.6. The number of fused-ring (bicyclic) bond motifs is 2. The molecule has 2 aromatic heterocycles. The molecule has 0 saturated carbocycles. The van der Waals surface area contributed by atoms with Crippen molar-refractivity contribution in [3.63, 3.8) is 0 Å². The Morgan fingerprint density at radius 2 is 2.22 bits per heavy atom. The summed E-state index contributed by atoms with van der Waals surface area (Å²) in [7, 11) is 0. The van der Waals surface area contributed by atoms with Crippen LogP contribution >= 0.6 is 11.3 Å². The maximum atomic E-state index is 12.9. The molecule has 1 amide bonds. The SMILES string of the molecule is Cc1ccc2c(N)c(C(=O)N[C@H]3COc4cc(N5CC(O)C[C@H]5CO)ccc4C3)sc2n1. The zero-order valence-electron chi connectivity index (χ0n) is 17.7. The fourth-order valence-electron chi connectivity index (χ4n) is 4.52. The maximum absolute atomic E-state index is 12.9. The van der Waals surface area contributed by atoms with Crippen LogP contribution in [0.25, 0.3) is 10.2 Å². The van der Waals surface area contributed by atoms with E-state index >= 15 is 0 Å². The number of benzene rings is 1. The minimum Gasteiger partial charge on any atom is -0.491 e. The van der Waals surface area contributed by atoms with Gasteiger partial charge in [-0.2, -0.15) is 0 Å². The number of nitrogens with one attached hydrogen (secondary N) is 1. The molecule has 168 valence electrons. The molecule has 4 heterocycles. The standard InChI is InChI=1S/C23H26N4O4S/c1-12-2-5-18-20(24)21(32-23(18)25-12)22(30)26-14-6-13-3-4-15(8-19(13)31-11-14)27-9-17(29)7-16(27)10-28/h2-5,8,14,16-17,28-29H,6-7,9-11,24H2,1H3,(H,26,30)/t14-,16+,17?/m1/s1. The zero-order chi connectivity index (χ0) is 22.4. The largest absolute Gasteiger partial charge is 0.491 e. The molecule has 0 aliphatic carbocycles. The van der Waals surface area contributed by atoms with E-state index in [0.717, 1.165) is 32.9 Å². The van der Waals surface area contributed by atoms with E-state index < -0.39 is 6.10 Å². The number of aryl methyl sites for hydroxylation is 1. The first-order valence-corrected chi connectivity index (χ1v) is 11.5. The Labute approximate surface area is 189 Å². The summed E-state index contributed by atoms with van der Waals surface area (Å²) in [6.45, 7) is 2.76. The lowest BCUT2D eigenvalue weighted by molar-refractivity contribution is 0.0920. The molecule has 1 saturated heterocycles. The molecule has 2 aliphatic rings. The van der Waals surface area contributed by atoms with E-state index in [1.165, 1.54) is 11.3 Å². The van der Waals surface area contributed by atoms with Gasteiger partial charge in [-0.05, 0) is 43.5 Å². The second-order valence-electron chi connectivity index (χ2n) is 8.51. The van der Waals surface area contributed by atoms with Gasteiger partial charge in [-0.1, -0.05) is 6.07 Å². The van der Waals surface area contributed by atoms with Crippen molar-refractivity contribution in [2.45, 2.75) is 38.0 Å². The Hall–Kier alpha value is -2.88. The molecule has 0 spiro atoms. The highest BCUT2D eigenvalue weighted by Gasteiger charge is 2.32. The van der Waals surface area contributed by atoms with E-state index in [1.807, 2.05) is 42.2 Å². The fraction of sp³-hybridized carbons (Fsp3) is 0.391. The van der Waals surface area contributed by atoms with Gasteiger partial charge in [0, 0.05) is 29.4 Å². The van der Waals surface area contributed by atoms with E-state index in [4.69, 9.17) is 10.5 Å². The summed E-state index contributed by atoms with van der Waals surface area (Å²) in [4.78, 5) is 20.6. The number of aromatic nitrogens is 1. The molecule has 5 N–H and O–H groups in total. The predicted octanol–water partition coefficient (Wildman–Crippen LogP) is 1.85. The number of aliphatic hydroxyl groups is 2. The lowest BCUT2D eigenvalue weighted by Gasteiger charge is -2.29. The van der Waals surface area contributed by atoms with Gasteiger partial charge in [-0.25, -0.2) is 4.98 Å². The van der Waals surface area contributed by atoms with Crippen molar-refractivity contribution in [1.82, 2.24) is 10.3 Å². The monoisotopic (exact) mass is 454 g/mol. The number of hydrogen-bond acceptors (Lipinski definition) is 8. The smallest absolute Gasteiger partial charge is 0.263 e. The highest BCUT2D eigenvalue weighted by molar-refractivity contribution is 7.21. The number of nitrogen functional groups attached to an aromatic ring is 1. The van der Waals surface area contributed by atoms with Gasteiger partial charge >= 0.3 is 0 Å². The molecule has 5 rings (SSSR count). The van der Waals surface area contributed by atoms with E-state index in [1.54, 1.807) is 0 Å². The summed E-state index contributed by atoms with van der Waals surface area (Å²) in [5, 5.41) is 23.4. The molecule has 1 aromatic carbocycles.